The van der Waals surface area contributed by atoms with Crippen molar-refractivity contribution < 1.29 is 14.3 Å². The second-order valence-electron chi connectivity index (χ2n) is 7.15. The van der Waals surface area contributed by atoms with Crippen LogP contribution < -0.4 is 19.8 Å². The molecule has 32 heavy (non-hydrogen) atoms. The highest BCUT2D eigenvalue weighted by atomic mass is 16.5. The van der Waals surface area contributed by atoms with Crippen molar-refractivity contribution in [3.63, 3.8) is 0 Å². The zero-order chi connectivity index (χ0) is 22.2. The lowest BCUT2D eigenvalue weighted by atomic mass is 10.1. The Bertz CT molecular complexity index is 1080. The molecule has 0 bridgehead atoms. The second kappa shape index (κ2) is 10.3. The lowest BCUT2D eigenvalue weighted by Crippen LogP contribution is -2.31. The van der Waals surface area contributed by atoms with Crippen molar-refractivity contribution in [3.05, 3.63) is 65.7 Å². The maximum absolute atomic E-state index is 12.6. The van der Waals surface area contributed by atoms with Gasteiger partial charge in [0, 0.05) is 18.7 Å². The standard InChI is InChI=1S/C23H24N6O3/c1-31-23-26-21(25-22(27-23)29-14-8-3-9-15-29)28-24-16-17-10-6-7-13-19(17)20(30)32-18-11-4-2-5-12-18/h2,4-7,10-13,16H,3,8-9,14-15H2,1H3,(H,25,26,27,28)/b24-16+. The summed E-state index contributed by atoms with van der Waals surface area (Å²) in [5.41, 5.74) is 3.80. The molecule has 1 fully saturated rings. The van der Waals surface area contributed by atoms with Gasteiger partial charge in [-0.15, -0.1) is 0 Å². The van der Waals surface area contributed by atoms with Gasteiger partial charge >= 0.3 is 12.0 Å². The molecule has 1 aliphatic heterocycles. The lowest BCUT2D eigenvalue weighted by Gasteiger charge is -2.26. The van der Waals surface area contributed by atoms with Crippen LogP contribution in [0.5, 0.6) is 11.8 Å². The monoisotopic (exact) mass is 432 g/mol. The van der Waals surface area contributed by atoms with Crippen molar-refractivity contribution in [1.82, 2.24) is 15.0 Å². The van der Waals surface area contributed by atoms with Gasteiger partial charge in [0.05, 0.1) is 18.9 Å². The largest absolute Gasteiger partial charge is 0.467 e. The highest BCUT2D eigenvalue weighted by Crippen LogP contribution is 2.19. The number of hydrazone groups is 1. The quantitative estimate of drug-likeness (QED) is 0.262. The molecule has 0 unspecified atom stereocenters. The fourth-order valence-electron chi connectivity index (χ4n) is 3.33. The fraction of sp³-hybridized carbons (Fsp3) is 0.261. The molecule has 9 nitrogen and oxygen atoms in total. The van der Waals surface area contributed by atoms with E-state index in [-0.39, 0.29) is 12.0 Å². The first kappa shape index (κ1) is 21.2. The number of aromatic nitrogens is 3. The van der Waals surface area contributed by atoms with Gasteiger partial charge in [0.15, 0.2) is 0 Å². The summed E-state index contributed by atoms with van der Waals surface area (Å²) in [6, 6.07) is 16.2. The van der Waals surface area contributed by atoms with E-state index in [1.807, 2.05) is 12.1 Å². The number of esters is 1. The van der Waals surface area contributed by atoms with Gasteiger partial charge in [-0.1, -0.05) is 36.4 Å². The molecule has 0 amide bonds. The number of nitrogens with one attached hydrogen (secondary N) is 1. The van der Waals surface area contributed by atoms with Crippen LogP contribution in [0, 0.1) is 0 Å². The van der Waals surface area contributed by atoms with Crippen molar-refractivity contribution in [2.45, 2.75) is 19.3 Å². The minimum absolute atomic E-state index is 0.213. The van der Waals surface area contributed by atoms with E-state index in [1.165, 1.54) is 19.7 Å². The first-order chi connectivity index (χ1) is 15.7. The van der Waals surface area contributed by atoms with Gasteiger partial charge in [-0.25, -0.2) is 10.2 Å². The fourth-order valence-corrected chi connectivity index (χ4v) is 3.33. The Morgan fingerprint density at radius 1 is 1.00 bits per heavy atom. The molecule has 1 N–H and O–H groups in total. The SMILES string of the molecule is COc1nc(N/N=C/c2ccccc2C(=O)Oc2ccccc2)nc(N2CCCCC2)n1. The maximum Gasteiger partial charge on any atom is 0.344 e. The Kier molecular flexibility index (Phi) is 6.86. The number of anilines is 2. The van der Waals surface area contributed by atoms with Crippen LogP contribution in [0.25, 0.3) is 0 Å². The molecule has 9 heteroatoms. The number of hydrogen-bond acceptors (Lipinski definition) is 9. The molecule has 0 spiro atoms. The minimum atomic E-state index is -0.465. The molecule has 1 aliphatic rings. The Hall–Kier alpha value is -4.01. The zero-order valence-electron chi connectivity index (χ0n) is 17.8. The summed E-state index contributed by atoms with van der Waals surface area (Å²) < 4.78 is 10.7. The summed E-state index contributed by atoms with van der Waals surface area (Å²) in [6.07, 6.45) is 4.94. The Morgan fingerprint density at radius 2 is 1.75 bits per heavy atom. The average Bonchev–Trinajstić information content (AvgIpc) is 2.85. The summed E-state index contributed by atoms with van der Waals surface area (Å²) in [5, 5.41) is 4.21. The molecule has 1 aromatic heterocycles. The van der Waals surface area contributed by atoms with E-state index in [4.69, 9.17) is 9.47 Å². The smallest absolute Gasteiger partial charge is 0.344 e. The predicted molar refractivity (Wildman–Crippen MR) is 122 cm³/mol. The number of piperidine rings is 1. The number of nitrogens with zero attached hydrogens (tertiary/aromatic N) is 5. The normalized spacial score (nSPS) is 13.7. The first-order valence-corrected chi connectivity index (χ1v) is 10.4. The summed E-state index contributed by atoms with van der Waals surface area (Å²) in [7, 11) is 1.51. The van der Waals surface area contributed by atoms with Crippen LogP contribution in [0.1, 0.15) is 35.2 Å². The molecule has 0 saturated carbocycles. The molecule has 1 saturated heterocycles. The van der Waals surface area contributed by atoms with Crippen LogP contribution in [-0.2, 0) is 0 Å². The number of rotatable bonds is 7. The van der Waals surface area contributed by atoms with E-state index in [9.17, 15) is 4.79 Å². The first-order valence-electron chi connectivity index (χ1n) is 10.4. The second-order valence-corrected chi connectivity index (χ2v) is 7.15. The van der Waals surface area contributed by atoms with Gasteiger partial charge in [0.1, 0.15) is 5.75 Å². The van der Waals surface area contributed by atoms with Gasteiger partial charge in [-0.2, -0.15) is 20.1 Å². The van der Waals surface area contributed by atoms with Crippen LogP contribution in [0.15, 0.2) is 59.7 Å². The van der Waals surface area contributed by atoms with E-state index in [2.05, 4.69) is 30.4 Å². The summed E-state index contributed by atoms with van der Waals surface area (Å²) >= 11 is 0. The third-order valence-electron chi connectivity index (χ3n) is 4.93. The molecule has 0 atom stereocenters. The summed E-state index contributed by atoms with van der Waals surface area (Å²) in [4.78, 5) is 27.7. The summed E-state index contributed by atoms with van der Waals surface area (Å²) in [6.45, 7) is 1.79. The van der Waals surface area contributed by atoms with Gasteiger partial charge in [-0.3, -0.25) is 0 Å². The van der Waals surface area contributed by atoms with Crippen LogP contribution >= 0.6 is 0 Å². The average molecular weight is 432 g/mol. The van der Waals surface area contributed by atoms with E-state index in [1.54, 1.807) is 42.5 Å². The third kappa shape index (κ3) is 5.37. The Morgan fingerprint density at radius 3 is 2.53 bits per heavy atom. The topological polar surface area (TPSA) is 102 Å². The molecule has 0 radical (unpaired) electrons. The number of para-hydroxylation sites is 1. The number of ether oxygens (including phenoxy) is 2. The number of methoxy groups -OCH3 is 1. The third-order valence-corrected chi connectivity index (χ3v) is 4.93. The molecule has 164 valence electrons. The molecule has 3 aromatic rings. The van der Waals surface area contributed by atoms with Gasteiger partial charge in [-0.05, 0) is 37.5 Å². The van der Waals surface area contributed by atoms with E-state index >= 15 is 0 Å². The van der Waals surface area contributed by atoms with Crippen molar-refractivity contribution in [2.75, 3.05) is 30.5 Å². The minimum Gasteiger partial charge on any atom is -0.467 e. The molecular weight excluding hydrogens is 408 g/mol. The van der Waals surface area contributed by atoms with E-state index in [0.29, 0.717) is 22.8 Å². The number of benzene rings is 2. The molecule has 2 aromatic carbocycles. The van der Waals surface area contributed by atoms with Gasteiger partial charge < -0.3 is 14.4 Å². The van der Waals surface area contributed by atoms with Crippen LogP contribution in [0.2, 0.25) is 0 Å². The Labute approximate surface area is 186 Å². The van der Waals surface area contributed by atoms with Crippen molar-refractivity contribution >= 4 is 24.1 Å². The predicted octanol–water partition coefficient (Wildman–Crippen LogP) is 3.54. The molecule has 0 aliphatic carbocycles. The molecule has 4 rings (SSSR count). The van der Waals surface area contributed by atoms with Crippen LogP contribution in [-0.4, -0.2) is 47.3 Å². The maximum atomic E-state index is 12.6. The van der Waals surface area contributed by atoms with Crippen molar-refractivity contribution in [2.24, 2.45) is 5.10 Å². The Balaban J connectivity index is 1.49. The number of carbonyl (C=O) groups excluding carboxylic acids is 1. The molecular formula is C23H24N6O3. The van der Waals surface area contributed by atoms with Gasteiger partial charge in [0.2, 0.25) is 5.95 Å². The molecule has 2 heterocycles. The van der Waals surface area contributed by atoms with Crippen LogP contribution in [0.4, 0.5) is 11.9 Å². The zero-order valence-corrected chi connectivity index (χ0v) is 17.8. The van der Waals surface area contributed by atoms with Gasteiger partial charge in [0.25, 0.3) is 5.95 Å². The highest BCUT2D eigenvalue weighted by Gasteiger charge is 2.17. The number of carbonyl (C=O) groups is 1. The van der Waals surface area contributed by atoms with Crippen molar-refractivity contribution in [1.29, 1.82) is 0 Å². The van der Waals surface area contributed by atoms with E-state index < -0.39 is 5.97 Å². The number of hydrogen-bond donors (Lipinski definition) is 1. The lowest BCUT2D eigenvalue weighted by molar-refractivity contribution is 0.0734. The van der Waals surface area contributed by atoms with E-state index in [0.717, 1.165) is 25.9 Å². The summed E-state index contributed by atoms with van der Waals surface area (Å²) in [5.74, 6) is 0.830. The van der Waals surface area contributed by atoms with Crippen LogP contribution in [0.3, 0.4) is 0 Å². The van der Waals surface area contributed by atoms with Crippen molar-refractivity contribution in [3.8, 4) is 11.8 Å². The highest BCUT2D eigenvalue weighted by molar-refractivity contribution is 6.00.